The number of likely N-dealkylation sites (N-methyl/N-ethyl adjacent to an activating group) is 1. The lowest BCUT2D eigenvalue weighted by atomic mass is 10.2. The van der Waals surface area contributed by atoms with Crippen molar-refractivity contribution in [1.82, 2.24) is 0 Å². The Morgan fingerprint density at radius 3 is 2.24 bits per heavy atom. The van der Waals surface area contributed by atoms with Crippen molar-refractivity contribution in [3.63, 3.8) is 0 Å². The first-order chi connectivity index (χ1) is 9.34. The maximum absolute atomic E-state index is 5.30. The summed E-state index contributed by atoms with van der Waals surface area (Å²) in [6.45, 7) is 2.04. The second-order valence-corrected chi connectivity index (χ2v) is 5.01. The van der Waals surface area contributed by atoms with Gasteiger partial charge in [-0.2, -0.15) is 0 Å². The molecular formula is C19H27NO. The second kappa shape index (κ2) is 7.72. The minimum Gasteiger partial charge on any atom is -0.493 e. The Bertz CT molecular complexity index is 542. The molecule has 0 fully saturated rings. The van der Waals surface area contributed by atoms with Gasteiger partial charge in [0.05, 0.1) is 6.61 Å². The van der Waals surface area contributed by atoms with Gasteiger partial charge >= 0.3 is 0 Å². The van der Waals surface area contributed by atoms with Crippen molar-refractivity contribution in [1.29, 1.82) is 0 Å². The van der Waals surface area contributed by atoms with Gasteiger partial charge in [-0.15, -0.1) is 0 Å². The number of ether oxygens (including phenoxy) is 1. The van der Waals surface area contributed by atoms with Crippen LogP contribution in [-0.4, -0.2) is 20.2 Å². The molecule has 2 aromatic carbocycles. The first-order valence-electron chi connectivity index (χ1n) is 6.84. The molecule has 0 saturated carbocycles. The third-order valence-corrected chi connectivity index (χ3v) is 3.72. The van der Waals surface area contributed by atoms with Crippen LogP contribution in [0.4, 0.5) is 5.69 Å². The van der Waals surface area contributed by atoms with Crippen molar-refractivity contribution >= 4 is 5.69 Å². The molecule has 2 aromatic rings. The van der Waals surface area contributed by atoms with E-state index in [1.807, 2.05) is 18.2 Å². The van der Waals surface area contributed by atoms with E-state index in [9.17, 15) is 0 Å². The van der Waals surface area contributed by atoms with Crippen molar-refractivity contribution < 1.29 is 4.74 Å². The molecule has 0 unspecified atom stereocenters. The number of para-hydroxylation sites is 2. The molecule has 0 spiro atoms. The van der Waals surface area contributed by atoms with Gasteiger partial charge in [0.2, 0.25) is 0 Å². The van der Waals surface area contributed by atoms with Crippen LogP contribution in [0.15, 0.2) is 48.5 Å². The SMILES string of the molecule is C.C.CN1CCc2ccccc21.c1ccc2c(c1)CCO2. The lowest BCUT2D eigenvalue weighted by Crippen LogP contribution is -2.12. The molecule has 0 aliphatic carbocycles. The molecule has 0 aromatic heterocycles. The largest absolute Gasteiger partial charge is 0.493 e. The Kier molecular flexibility index (Phi) is 6.29. The number of rotatable bonds is 0. The Labute approximate surface area is 129 Å². The monoisotopic (exact) mass is 285 g/mol. The molecule has 21 heavy (non-hydrogen) atoms. The predicted molar refractivity (Wildman–Crippen MR) is 92.5 cm³/mol. The van der Waals surface area contributed by atoms with Crippen LogP contribution in [0.3, 0.4) is 0 Å². The third-order valence-electron chi connectivity index (χ3n) is 3.72. The molecule has 2 aliphatic heterocycles. The van der Waals surface area contributed by atoms with Crippen molar-refractivity contribution in [3.8, 4) is 5.75 Å². The quantitative estimate of drug-likeness (QED) is 0.703. The van der Waals surface area contributed by atoms with Crippen molar-refractivity contribution in [2.24, 2.45) is 0 Å². The summed E-state index contributed by atoms with van der Waals surface area (Å²) in [6, 6.07) is 16.8. The first kappa shape index (κ1) is 17.1. The molecule has 2 aliphatic rings. The highest BCUT2D eigenvalue weighted by Crippen LogP contribution is 2.25. The van der Waals surface area contributed by atoms with Crippen molar-refractivity contribution in [2.45, 2.75) is 27.7 Å². The topological polar surface area (TPSA) is 12.5 Å². The molecule has 0 bridgehead atoms. The molecule has 2 heterocycles. The number of fused-ring (bicyclic) bond motifs is 2. The Morgan fingerprint density at radius 2 is 1.52 bits per heavy atom. The van der Waals surface area contributed by atoms with Crippen LogP contribution in [0.2, 0.25) is 0 Å². The summed E-state index contributed by atoms with van der Waals surface area (Å²) in [7, 11) is 2.14. The second-order valence-electron chi connectivity index (χ2n) is 5.01. The van der Waals surface area contributed by atoms with Gasteiger partial charge in [-0.05, 0) is 29.7 Å². The maximum Gasteiger partial charge on any atom is 0.122 e. The zero-order chi connectivity index (χ0) is 13.1. The van der Waals surface area contributed by atoms with Crippen molar-refractivity contribution in [2.75, 3.05) is 25.1 Å². The van der Waals surface area contributed by atoms with Gasteiger partial charge in [-0.1, -0.05) is 51.3 Å². The molecule has 2 nitrogen and oxygen atoms in total. The summed E-state index contributed by atoms with van der Waals surface area (Å²) in [5.74, 6) is 1.07. The van der Waals surface area contributed by atoms with Crippen LogP contribution in [0.25, 0.3) is 0 Å². The highest BCUT2D eigenvalue weighted by atomic mass is 16.5. The van der Waals surface area contributed by atoms with Crippen LogP contribution in [0, 0.1) is 0 Å². The predicted octanol–water partition coefficient (Wildman–Crippen LogP) is 4.57. The fourth-order valence-corrected chi connectivity index (χ4v) is 2.63. The normalized spacial score (nSPS) is 13.7. The molecule has 0 amide bonds. The van der Waals surface area contributed by atoms with Crippen LogP contribution < -0.4 is 9.64 Å². The molecule has 0 atom stereocenters. The average Bonchev–Trinajstić information content (AvgIpc) is 3.07. The summed E-state index contributed by atoms with van der Waals surface area (Å²) < 4.78 is 5.30. The average molecular weight is 285 g/mol. The number of nitrogens with zero attached hydrogens (tertiary/aromatic N) is 1. The molecule has 2 heteroatoms. The number of anilines is 1. The highest BCUT2D eigenvalue weighted by molar-refractivity contribution is 5.56. The van der Waals surface area contributed by atoms with Gasteiger partial charge in [-0.25, -0.2) is 0 Å². The first-order valence-corrected chi connectivity index (χ1v) is 6.84. The van der Waals surface area contributed by atoms with Crippen LogP contribution in [0.5, 0.6) is 5.75 Å². The Morgan fingerprint density at radius 1 is 0.857 bits per heavy atom. The Hall–Kier alpha value is -1.96. The van der Waals surface area contributed by atoms with E-state index in [4.69, 9.17) is 4.74 Å². The fraction of sp³-hybridized carbons (Fsp3) is 0.368. The summed E-state index contributed by atoms with van der Waals surface area (Å²) in [4.78, 5) is 2.30. The van der Waals surface area contributed by atoms with E-state index in [1.165, 1.54) is 29.8 Å². The van der Waals surface area contributed by atoms with E-state index in [2.05, 4.69) is 42.3 Å². The lowest BCUT2D eigenvalue weighted by Gasteiger charge is -2.10. The van der Waals surface area contributed by atoms with E-state index in [0.29, 0.717) is 0 Å². The summed E-state index contributed by atoms with van der Waals surface area (Å²) >= 11 is 0. The molecule has 4 rings (SSSR count). The zero-order valence-corrected chi connectivity index (χ0v) is 11.3. The highest BCUT2D eigenvalue weighted by Gasteiger charge is 2.13. The number of hydrogen-bond acceptors (Lipinski definition) is 2. The third kappa shape index (κ3) is 3.78. The van der Waals surface area contributed by atoms with E-state index >= 15 is 0 Å². The number of hydrogen-bond donors (Lipinski definition) is 0. The van der Waals surface area contributed by atoms with Crippen molar-refractivity contribution in [3.05, 3.63) is 59.7 Å². The smallest absolute Gasteiger partial charge is 0.122 e. The summed E-state index contributed by atoms with van der Waals surface area (Å²) in [5, 5.41) is 0. The fourth-order valence-electron chi connectivity index (χ4n) is 2.63. The van der Waals surface area contributed by atoms with Gasteiger partial charge < -0.3 is 9.64 Å². The zero-order valence-electron chi connectivity index (χ0n) is 11.3. The van der Waals surface area contributed by atoms with Crippen LogP contribution >= 0.6 is 0 Å². The molecule has 0 saturated heterocycles. The van der Waals surface area contributed by atoms with Crippen LogP contribution in [0.1, 0.15) is 26.0 Å². The van der Waals surface area contributed by atoms with E-state index in [1.54, 1.807) is 0 Å². The Balaban J connectivity index is 0.000000192. The van der Waals surface area contributed by atoms with E-state index in [0.717, 1.165) is 18.8 Å². The minimum absolute atomic E-state index is 0. The van der Waals surface area contributed by atoms with E-state index < -0.39 is 0 Å². The minimum atomic E-state index is 0. The maximum atomic E-state index is 5.30. The summed E-state index contributed by atoms with van der Waals surface area (Å²) in [6.07, 6.45) is 2.29. The standard InChI is InChI=1S/C9H11N.C8H8O.2CH4/c1-10-7-6-8-4-2-3-5-9(8)10;1-2-4-8-7(3-1)5-6-9-8;;/h2-5H,6-7H2,1H3;1-4H,5-6H2;2*1H4. The lowest BCUT2D eigenvalue weighted by molar-refractivity contribution is 0.357. The molecule has 114 valence electrons. The molecular weight excluding hydrogens is 258 g/mol. The van der Waals surface area contributed by atoms with E-state index in [-0.39, 0.29) is 14.9 Å². The van der Waals surface area contributed by atoms with Gasteiger partial charge in [0.25, 0.3) is 0 Å². The van der Waals surface area contributed by atoms with Gasteiger partial charge in [0.1, 0.15) is 5.75 Å². The number of benzene rings is 2. The van der Waals surface area contributed by atoms with Gasteiger partial charge in [0.15, 0.2) is 0 Å². The summed E-state index contributed by atoms with van der Waals surface area (Å²) in [5.41, 5.74) is 4.24. The molecule has 0 radical (unpaired) electrons. The molecule has 0 N–H and O–H groups in total. The van der Waals surface area contributed by atoms with Crippen LogP contribution in [-0.2, 0) is 12.8 Å². The van der Waals surface area contributed by atoms with Gasteiger partial charge in [0, 0.05) is 25.7 Å². The van der Waals surface area contributed by atoms with Gasteiger partial charge in [-0.3, -0.25) is 0 Å².